The zero-order valence-corrected chi connectivity index (χ0v) is 17.8. The van der Waals surface area contributed by atoms with E-state index in [0.29, 0.717) is 18.9 Å². The maximum Gasteiger partial charge on any atom is 0.223 e. The molecule has 0 saturated carbocycles. The van der Waals surface area contributed by atoms with Gasteiger partial charge in [-0.15, -0.1) is 0 Å². The Morgan fingerprint density at radius 3 is 2.57 bits per heavy atom. The van der Waals surface area contributed by atoms with Crippen LogP contribution in [0.25, 0.3) is 0 Å². The highest BCUT2D eigenvalue weighted by atomic mass is 79.9. The molecule has 1 amide bonds. The van der Waals surface area contributed by atoms with Crippen molar-refractivity contribution < 1.29 is 4.79 Å². The van der Waals surface area contributed by atoms with Crippen LogP contribution in [0.3, 0.4) is 0 Å². The van der Waals surface area contributed by atoms with Crippen molar-refractivity contribution in [3.8, 4) is 0 Å². The number of halogens is 1. The van der Waals surface area contributed by atoms with Crippen molar-refractivity contribution in [2.24, 2.45) is 10.9 Å². The highest BCUT2D eigenvalue weighted by molar-refractivity contribution is 9.10. The summed E-state index contributed by atoms with van der Waals surface area (Å²) in [6.45, 7) is 3.05. The number of nitrogens with one attached hydrogen (secondary N) is 2. The normalized spacial score (nSPS) is 17.1. The van der Waals surface area contributed by atoms with Gasteiger partial charge < -0.3 is 15.5 Å². The third kappa shape index (κ3) is 6.09. The molecule has 1 atom stereocenters. The van der Waals surface area contributed by atoms with E-state index in [-0.39, 0.29) is 5.91 Å². The fourth-order valence-electron chi connectivity index (χ4n) is 3.37. The molecule has 1 unspecified atom stereocenters. The van der Waals surface area contributed by atoms with E-state index in [1.807, 2.05) is 35.2 Å². The Labute approximate surface area is 175 Å². The van der Waals surface area contributed by atoms with Crippen LogP contribution in [0.5, 0.6) is 0 Å². The average Bonchev–Trinajstić information content (AvgIpc) is 3.08. The smallest absolute Gasteiger partial charge is 0.223 e. The van der Waals surface area contributed by atoms with Crippen molar-refractivity contribution in [2.75, 3.05) is 26.7 Å². The van der Waals surface area contributed by atoms with Crippen LogP contribution in [0, 0.1) is 5.92 Å². The Morgan fingerprint density at radius 2 is 1.86 bits per heavy atom. The van der Waals surface area contributed by atoms with Crippen molar-refractivity contribution in [2.45, 2.75) is 19.4 Å². The summed E-state index contributed by atoms with van der Waals surface area (Å²) in [7, 11) is 1.77. The van der Waals surface area contributed by atoms with E-state index in [4.69, 9.17) is 0 Å². The summed E-state index contributed by atoms with van der Waals surface area (Å²) in [4.78, 5) is 18.6. The second-order valence-electron chi connectivity index (χ2n) is 7.08. The molecule has 1 aliphatic heterocycles. The Balaban J connectivity index is 1.41. The lowest BCUT2D eigenvalue weighted by Crippen LogP contribution is -2.40. The molecular weight excluding hydrogens is 416 g/mol. The van der Waals surface area contributed by atoms with Crippen molar-refractivity contribution >= 4 is 27.8 Å². The number of guanidine groups is 1. The monoisotopic (exact) mass is 442 g/mol. The Hall–Kier alpha value is -2.34. The van der Waals surface area contributed by atoms with Crippen LogP contribution >= 0.6 is 15.9 Å². The molecule has 28 heavy (non-hydrogen) atoms. The van der Waals surface area contributed by atoms with Gasteiger partial charge in [-0.05, 0) is 29.7 Å². The molecule has 0 aromatic heterocycles. The maximum absolute atomic E-state index is 12.3. The summed E-state index contributed by atoms with van der Waals surface area (Å²) >= 11 is 3.45. The molecule has 3 rings (SSSR count). The van der Waals surface area contributed by atoms with Gasteiger partial charge in [-0.1, -0.05) is 58.4 Å². The number of likely N-dealkylation sites (tertiary alicyclic amines) is 1. The lowest BCUT2D eigenvalue weighted by atomic mass is 10.1. The van der Waals surface area contributed by atoms with E-state index in [9.17, 15) is 4.79 Å². The fourth-order valence-corrected chi connectivity index (χ4v) is 3.63. The van der Waals surface area contributed by atoms with Crippen molar-refractivity contribution in [3.05, 3.63) is 70.2 Å². The van der Waals surface area contributed by atoms with E-state index < -0.39 is 0 Å². The van der Waals surface area contributed by atoms with Gasteiger partial charge in [0, 0.05) is 50.0 Å². The number of carbonyl (C=O) groups excluding carboxylic acids is 1. The predicted molar refractivity (Wildman–Crippen MR) is 117 cm³/mol. The molecule has 2 N–H and O–H groups in total. The number of hydrogen-bond donors (Lipinski definition) is 2. The molecule has 1 heterocycles. The first-order valence-corrected chi connectivity index (χ1v) is 10.4. The number of aliphatic imine (C=N–C) groups is 1. The summed E-state index contributed by atoms with van der Waals surface area (Å²) in [6.07, 6.45) is 1.51. The minimum Gasteiger partial charge on any atom is -0.356 e. The second kappa shape index (κ2) is 10.3. The van der Waals surface area contributed by atoms with Gasteiger partial charge in [0.15, 0.2) is 5.96 Å². The summed E-state index contributed by atoms with van der Waals surface area (Å²) in [6, 6.07) is 18.5. The summed E-state index contributed by atoms with van der Waals surface area (Å²) in [5.74, 6) is 1.33. The number of benzene rings is 2. The maximum atomic E-state index is 12.3. The van der Waals surface area contributed by atoms with Crippen LogP contribution in [0.15, 0.2) is 64.1 Å². The number of hydrogen-bond acceptors (Lipinski definition) is 2. The molecule has 0 radical (unpaired) electrons. The van der Waals surface area contributed by atoms with Gasteiger partial charge >= 0.3 is 0 Å². The molecule has 6 heteroatoms. The minimum atomic E-state index is 0.251. The van der Waals surface area contributed by atoms with Gasteiger partial charge in [0.1, 0.15) is 0 Å². The standard InChI is InChI=1S/C22H27BrN4O/c1-24-22(25-14-18-7-9-20(23)10-8-18)26-15-19-13-21(28)27(16-19)12-11-17-5-3-2-4-6-17/h2-10,19H,11-16H2,1H3,(H2,24,25,26). The predicted octanol–water partition coefficient (Wildman–Crippen LogP) is 3.21. The summed E-state index contributed by atoms with van der Waals surface area (Å²) < 4.78 is 1.07. The van der Waals surface area contributed by atoms with Gasteiger partial charge in [-0.3, -0.25) is 9.79 Å². The van der Waals surface area contributed by atoms with Gasteiger partial charge in [0.2, 0.25) is 5.91 Å². The van der Waals surface area contributed by atoms with E-state index in [0.717, 1.165) is 36.5 Å². The topological polar surface area (TPSA) is 56.7 Å². The van der Waals surface area contributed by atoms with Crippen molar-refractivity contribution in [1.82, 2.24) is 15.5 Å². The Kier molecular flexibility index (Phi) is 7.48. The van der Waals surface area contributed by atoms with Crippen molar-refractivity contribution in [3.63, 3.8) is 0 Å². The zero-order valence-electron chi connectivity index (χ0n) is 16.2. The molecule has 2 aromatic carbocycles. The third-order valence-corrected chi connectivity index (χ3v) is 5.49. The summed E-state index contributed by atoms with van der Waals surface area (Å²) in [5.41, 5.74) is 2.46. The van der Waals surface area contributed by atoms with Crippen LogP contribution in [0.2, 0.25) is 0 Å². The minimum absolute atomic E-state index is 0.251. The average molecular weight is 443 g/mol. The molecule has 1 aliphatic rings. The molecule has 2 aromatic rings. The van der Waals surface area contributed by atoms with E-state index in [2.05, 4.69) is 55.8 Å². The molecular formula is C22H27BrN4O. The largest absolute Gasteiger partial charge is 0.356 e. The first-order valence-electron chi connectivity index (χ1n) is 9.64. The highest BCUT2D eigenvalue weighted by Gasteiger charge is 2.29. The van der Waals surface area contributed by atoms with Crippen LogP contribution < -0.4 is 10.6 Å². The molecule has 0 aliphatic carbocycles. The SMILES string of the molecule is CN=C(NCc1ccc(Br)cc1)NCC1CC(=O)N(CCc2ccccc2)C1. The number of amides is 1. The molecule has 5 nitrogen and oxygen atoms in total. The van der Waals surface area contributed by atoms with Crippen LogP contribution in [-0.4, -0.2) is 43.4 Å². The van der Waals surface area contributed by atoms with Crippen LogP contribution in [0.1, 0.15) is 17.5 Å². The van der Waals surface area contributed by atoms with Crippen LogP contribution in [-0.2, 0) is 17.8 Å². The van der Waals surface area contributed by atoms with E-state index in [1.54, 1.807) is 7.05 Å². The van der Waals surface area contributed by atoms with Gasteiger partial charge in [0.05, 0.1) is 0 Å². The Morgan fingerprint density at radius 1 is 1.11 bits per heavy atom. The molecule has 1 saturated heterocycles. The van der Waals surface area contributed by atoms with Crippen LogP contribution in [0.4, 0.5) is 0 Å². The van der Waals surface area contributed by atoms with Crippen molar-refractivity contribution in [1.29, 1.82) is 0 Å². The van der Waals surface area contributed by atoms with E-state index in [1.165, 1.54) is 11.1 Å². The van der Waals surface area contributed by atoms with Gasteiger partial charge in [-0.2, -0.15) is 0 Å². The fraction of sp³-hybridized carbons (Fsp3) is 0.364. The zero-order chi connectivity index (χ0) is 19.8. The summed E-state index contributed by atoms with van der Waals surface area (Å²) in [5, 5.41) is 6.68. The number of nitrogens with zero attached hydrogens (tertiary/aromatic N) is 2. The molecule has 0 bridgehead atoms. The third-order valence-electron chi connectivity index (χ3n) is 4.96. The second-order valence-corrected chi connectivity index (χ2v) is 7.99. The van der Waals surface area contributed by atoms with Gasteiger partial charge in [-0.25, -0.2) is 0 Å². The molecule has 1 fully saturated rings. The molecule has 148 valence electrons. The van der Waals surface area contributed by atoms with Gasteiger partial charge in [0.25, 0.3) is 0 Å². The van der Waals surface area contributed by atoms with E-state index >= 15 is 0 Å². The number of rotatable bonds is 7. The highest BCUT2D eigenvalue weighted by Crippen LogP contribution is 2.17. The Bertz CT molecular complexity index is 792. The number of carbonyl (C=O) groups is 1. The molecule has 0 spiro atoms. The first kappa shape index (κ1) is 20.4. The first-order chi connectivity index (χ1) is 13.6. The quantitative estimate of drug-likeness (QED) is 0.511. The lowest BCUT2D eigenvalue weighted by molar-refractivity contribution is -0.127. The lowest BCUT2D eigenvalue weighted by Gasteiger charge is -2.18.